The highest BCUT2D eigenvalue weighted by molar-refractivity contribution is 6.31. The van der Waals surface area contributed by atoms with Crippen molar-refractivity contribution in [1.82, 2.24) is 10.2 Å². The Hall–Kier alpha value is -2.31. The number of hydrogen-bond donors (Lipinski definition) is 1. The summed E-state index contributed by atoms with van der Waals surface area (Å²) in [7, 11) is 1.46. The van der Waals surface area contributed by atoms with Crippen LogP contribution in [-0.2, 0) is 11.3 Å². The number of benzene rings is 2. The molecule has 2 aromatic rings. The molecule has 1 aliphatic rings. The number of nitrogens with zero attached hydrogens (tertiary/aromatic N) is 1. The summed E-state index contributed by atoms with van der Waals surface area (Å²) in [5.74, 6) is 0.408. The second-order valence-corrected chi connectivity index (χ2v) is 7.69. The lowest BCUT2D eigenvalue weighted by atomic mass is 10.0. The number of carbonyl (C=O) groups is 1. The van der Waals surface area contributed by atoms with Crippen molar-refractivity contribution in [1.29, 1.82) is 0 Å². The van der Waals surface area contributed by atoms with Gasteiger partial charge in [-0.2, -0.15) is 0 Å². The number of carbonyl (C=O) groups excluding carboxylic acids is 1. The van der Waals surface area contributed by atoms with Gasteiger partial charge in [0.1, 0.15) is 5.75 Å². The second kappa shape index (κ2) is 9.94. The maximum atomic E-state index is 13.8. The highest BCUT2D eigenvalue weighted by Gasteiger charge is 2.21. The smallest absolute Gasteiger partial charge is 0.258 e. The number of rotatable bonds is 7. The summed E-state index contributed by atoms with van der Waals surface area (Å²) in [6.45, 7) is 4.24. The van der Waals surface area contributed by atoms with Gasteiger partial charge in [-0.05, 0) is 61.2 Å². The van der Waals surface area contributed by atoms with E-state index in [1.165, 1.54) is 13.2 Å². The monoisotopic (exact) mass is 420 g/mol. The minimum absolute atomic E-state index is 0.0214. The standard InChI is InChI=1S/C22H26ClFN2O3/c1-15-11-18(4-5-19(15)23)29-14-22(27)25-17-7-9-26(10-8-17)13-16-3-6-21(28-2)20(24)12-16/h3-6,11-12,17H,7-10,13-14H2,1-2H3,(H,25,27). The fraction of sp³-hybridized carbons (Fsp3) is 0.409. The Balaban J connectivity index is 1.40. The number of likely N-dealkylation sites (tertiary alicyclic amines) is 1. The molecule has 1 saturated heterocycles. The summed E-state index contributed by atoms with van der Waals surface area (Å²) in [6.07, 6.45) is 1.70. The number of nitrogens with one attached hydrogen (secondary N) is 1. The molecule has 0 radical (unpaired) electrons. The number of methoxy groups -OCH3 is 1. The summed E-state index contributed by atoms with van der Waals surface area (Å²) in [4.78, 5) is 14.4. The van der Waals surface area contributed by atoms with Gasteiger partial charge in [0, 0.05) is 30.7 Å². The molecule has 0 aromatic heterocycles. The summed E-state index contributed by atoms with van der Waals surface area (Å²) in [6, 6.07) is 10.5. The van der Waals surface area contributed by atoms with E-state index in [0.717, 1.165) is 37.1 Å². The minimum Gasteiger partial charge on any atom is -0.494 e. The first-order chi connectivity index (χ1) is 13.9. The average Bonchev–Trinajstić information content (AvgIpc) is 2.70. The molecule has 5 nitrogen and oxygen atoms in total. The molecule has 0 spiro atoms. The average molecular weight is 421 g/mol. The predicted octanol–water partition coefficient (Wildman–Crippen LogP) is 3.96. The van der Waals surface area contributed by atoms with Crippen LogP contribution in [0, 0.1) is 12.7 Å². The van der Waals surface area contributed by atoms with E-state index < -0.39 is 0 Å². The first kappa shape index (κ1) is 21.4. The quantitative estimate of drug-likeness (QED) is 0.736. The zero-order chi connectivity index (χ0) is 20.8. The van der Waals surface area contributed by atoms with Gasteiger partial charge in [0.25, 0.3) is 5.91 Å². The number of ether oxygens (including phenoxy) is 2. The molecular weight excluding hydrogens is 395 g/mol. The van der Waals surface area contributed by atoms with E-state index in [1.54, 1.807) is 18.2 Å². The molecule has 3 rings (SSSR count). The highest BCUT2D eigenvalue weighted by atomic mass is 35.5. The Morgan fingerprint density at radius 2 is 2.00 bits per heavy atom. The molecule has 2 aromatic carbocycles. The Bertz CT molecular complexity index is 854. The lowest BCUT2D eigenvalue weighted by Gasteiger charge is -2.32. The fourth-order valence-corrected chi connectivity index (χ4v) is 3.54. The summed E-state index contributed by atoms with van der Waals surface area (Å²) < 4.78 is 24.3. The highest BCUT2D eigenvalue weighted by Crippen LogP contribution is 2.22. The maximum absolute atomic E-state index is 13.8. The number of hydrogen-bond acceptors (Lipinski definition) is 4. The zero-order valence-corrected chi connectivity index (χ0v) is 17.5. The topological polar surface area (TPSA) is 50.8 Å². The Kier molecular flexibility index (Phi) is 7.34. The molecular formula is C22H26ClFN2O3. The summed E-state index contributed by atoms with van der Waals surface area (Å²) in [5, 5.41) is 3.70. The van der Waals surface area contributed by atoms with Crippen LogP contribution in [0.25, 0.3) is 0 Å². The van der Waals surface area contributed by atoms with Crippen LogP contribution in [-0.4, -0.2) is 43.7 Å². The largest absolute Gasteiger partial charge is 0.494 e. The van der Waals surface area contributed by atoms with Crippen molar-refractivity contribution in [2.75, 3.05) is 26.8 Å². The molecule has 0 aliphatic carbocycles. The van der Waals surface area contributed by atoms with Gasteiger partial charge in [-0.1, -0.05) is 17.7 Å². The van der Waals surface area contributed by atoms with Crippen LogP contribution in [0.1, 0.15) is 24.0 Å². The second-order valence-electron chi connectivity index (χ2n) is 7.29. The number of amides is 1. The van der Waals surface area contributed by atoms with Crippen LogP contribution in [0.3, 0.4) is 0 Å². The summed E-state index contributed by atoms with van der Waals surface area (Å²) >= 11 is 5.99. The lowest BCUT2D eigenvalue weighted by molar-refractivity contribution is -0.124. The van der Waals surface area contributed by atoms with Crippen molar-refractivity contribution in [3.05, 3.63) is 58.4 Å². The number of piperidine rings is 1. The van der Waals surface area contributed by atoms with E-state index in [9.17, 15) is 9.18 Å². The van der Waals surface area contributed by atoms with E-state index in [2.05, 4.69) is 10.2 Å². The molecule has 0 bridgehead atoms. The normalized spacial score (nSPS) is 15.2. The Morgan fingerprint density at radius 1 is 1.24 bits per heavy atom. The molecule has 156 valence electrons. The Morgan fingerprint density at radius 3 is 2.66 bits per heavy atom. The van der Waals surface area contributed by atoms with E-state index in [0.29, 0.717) is 17.3 Å². The van der Waals surface area contributed by atoms with Gasteiger partial charge in [0.05, 0.1) is 7.11 Å². The van der Waals surface area contributed by atoms with Crippen molar-refractivity contribution in [2.24, 2.45) is 0 Å². The van der Waals surface area contributed by atoms with Crippen LogP contribution in [0.4, 0.5) is 4.39 Å². The SMILES string of the molecule is COc1ccc(CN2CCC(NC(=O)COc3ccc(Cl)c(C)c3)CC2)cc1F. The van der Waals surface area contributed by atoms with Gasteiger partial charge in [0.15, 0.2) is 18.2 Å². The van der Waals surface area contributed by atoms with Crippen LogP contribution >= 0.6 is 11.6 Å². The van der Waals surface area contributed by atoms with E-state index in [1.807, 2.05) is 19.1 Å². The predicted molar refractivity (Wildman–Crippen MR) is 111 cm³/mol. The molecule has 29 heavy (non-hydrogen) atoms. The van der Waals surface area contributed by atoms with Gasteiger partial charge in [-0.25, -0.2) is 4.39 Å². The van der Waals surface area contributed by atoms with Gasteiger partial charge in [-0.15, -0.1) is 0 Å². The zero-order valence-electron chi connectivity index (χ0n) is 16.7. The van der Waals surface area contributed by atoms with Gasteiger partial charge in [-0.3, -0.25) is 9.69 Å². The minimum atomic E-state index is -0.344. The molecule has 1 amide bonds. The lowest BCUT2D eigenvalue weighted by Crippen LogP contribution is -2.45. The van der Waals surface area contributed by atoms with E-state index in [4.69, 9.17) is 21.1 Å². The van der Waals surface area contributed by atoms with E-state index in [-0.39, 0.29) is 30.1 Å². The fourth-order valence-electron chi connectivity index (χ4n) is 3.43. The maximum Gasteiger partial charge on any atom is 0.258 e. The van der Waals surface area contributed by atoms with Crippen molar-refractivity contribution >= 4 is 17.5 Å². The third kappa shape index (κ3) is 6.08. The third-order valence-corrected chi connectivity index (χ3v) is 5.50. The molecule has 0 saturated carbocycles. The molecule has 1 fully saturated rings. The number of halogens is 2. The van der Waals surface area contributed by atoms with Crippen molar-refractivity contribution in [3.8, 4) is 11.5 Å². The Labute approximate surface area is 175 Å². The molecule has 0 atom stereocenters. The van der Waals surface area contributed by atoms with Crippen molar-refractivity contribution in [2.45, 2.75) is 32.4 Å². The van der Waals surface area contributed by atoms with Crippen molar-refractivity contribution in [3.63, 3.8) is 0 Å². The first-order valence-corrected chi connectivity index (χ1v) is 10.1. The molecule has 7 heteroatoms. The van der Waals surface area contributed by atoms with Crippen LogP contribution in [0.15, 0.2) is 36.4 Å². The van der Waals surface area contributed by atoms with E-state index >= 15 is 0 Å². The van der Waals surface area contributed by atoms with Crippen LogP contribution in [0.5, 0.6) is 11.5 Å². The molecule has 0 unspecified atom stereocenters. The molecule has 1 N–H and O–H groups in total. The van der Waals surface area contributed by atoms with Gasteiger partial charge < -0.3 is 14.8 Å². The van der Waals surface area contributed by atoms with Gasteiger partial charge >= 0.3 is 0 Å². The third-order valence-electron chi connectivity index (χ3n) is 5.07. The van der Waals surface area contributed by atoms with Gasteiger partial charge in [0.2, 0.25) is 0 Å². The van der Waals surface area contributed by atoms with Crippen LogP contribution in [0.2, 0.25) is 5.02 Å². The molecule has 1 aliphatic heterocycles. The van der Waals surface area contributed by atoms with Crippen LogP contribution < -0.4 is 14.8 Å². The first-order valence-electron chi connectivity index (χ1n) is 9.67. The number of aryl methyl sites for hydroxylation is 1. The van der Waals surface area contributed by atoms with Crippen molar-refractivity contribution < 1.29 is 18.7 Å². The molecule has 1 heterocycles. The summed E-state index contributed by atoms with van der Waals surface area (Å²) in [5.41, 5.74) is 1.83.